The summed E-state index contributed by atoms with van der Waals surface area (Å²) in [6, 6.07) is 0. The van der Waals surface area contributed by atoms with Gasteiger partial charge in [-0.15, -0.1) is 11.8 Å². The second kappa shape index (κ2) is 18.8. The quantitative estimate of drug-likeness (QED) is 0.268. The van der Waals surface area contributed by atoms with Crippen molar-refractivity contribution in [2.24, 2.45) is 0 Å². The van der Waals surface area contributed by atoms with Crippen molar-refractivity contribution in [1.82, 2.24) is 0 Å². The maximum Gasteiger partial charge on any atom is 0.139 e. The number of ketones is 1. The number of carbonyl (C=O) groups is 1. The standard InChI is InChI=1S/C21H32OS/c1-3-4-5-6-7-8-9-10-11-12-13-14-15-16-17-18-19-23-20-21(2)22/h4-5,7-8,10-11,13-14,17-18H,3,6,9,12,15-16,19-20H2,1-2H3. The lowest BCUT2D eigenvalue weighted by molar-refractivity contribution is -0.114. The van der Waals surface area contributed by atoms with Gasteiger partial charge in [0.2, 0.25) is 0 Å². The number of thioether (sulfide) groups is 1. The van der Waals surface area contributed by atoms with Crippen LogP contribution in [0.25, 0.3) is 0 Å². The molecule has 0 bridgehead atoms. The first-order valence-electron chi connectivity index (χ1n) is 8.59. The van der Waals surface area contributed by atoms with Crippen molar-refractivity contribution in [3.05, 3.63) is 60.8 Å². The predicted octanol–water partition coefficient (Wildman–Crippen LogP) is 6.45. The Balaban J connectivity index is 3.43. The van der Waals surface area contributed by atoms with E-state index < -0.39 is 0 Å². The first kappa shape index (κ1) is 21.7. The van der Waals surface area contributed by atoms with Crippen molar-refractivity contribution in [1.29, 1.82) is 0 Å². The monoisotopic (exact) mass is 332 g/mol. The van der Waals surface area contributed by atoms with Crippen molar-refractivity contribution in [3.8, 4) is 0 Å². The highest BCUT2D eigenvalue weighted by Gasteiger charge is 1.89. The van der Waals surface area contributed by atoms with E-state index in [-0.39, 0.29) is 5.78 Å². The summed E-state index contributed by atoms with van der Waals surface area (Å²) in [4.78, 5) is 10.7. The summed E-state index contributed by atoms with van der Waals surface area (Å²) in [7, 11) is 0. The molecule has 0 N–H and O–H groups in total. The fourth-order valence-electron chi connectivity index (χ4n) is 1.75. The normalized spacial score (nSPS) is 12.8. The van der Waals surface area contributed by atoms with Gasteiger partial charge in [0.1, 0.15) is 5.78 Å². The van der Waals surface area contributed by atoms with Crippen LogP contribution < -0.4 is 0 Å². The van der Waals surface area contributed by atoms with Crippen LogP contribution in [-0.4, -0.2) is 17.3 Å². The fourth-order valence-corrected chi connectivity index (χ4v) is 2.42. The minimum Gasteiger partial charge on any atom is -0.299 e. The van der Waals surface area contributed by atoms with Gasteiger partial charge in [-0.1, -0.05) is 67.7 Å². The third kappa shape index (κ3) is 20.7. The maximum atomic E-state index is 10.7. The zero-order valence-corrected chi connectivity index (χ0v) is 15.6. The van der Waals surface area contributed by atoms with E-state index in [1.165, 1.54) is 0 Å². The SMILES string of the molecule is CCC=CCC=CCC=CCC=CCCC=CCSCC(C)=O. The number of unbranched alkanes of at least 4 members (excludes halogenated alkanes) is 1. The molecule has 0 aliphatic carbocycles. The highest BCUT2D eigenvalue weighted by molar-refractivity contribution is 8.00. The molecule has 0 spiro atoms. The van der Waals surface area contributed by atoms with E-state index in [0.717, 1.165) is 44.3 Å². The largest absolute Gasteiger partial charge is 0.299 e. The topological polar surface area (TPSA) is 17.1 Å². The molecular formula is C21H32OS. The summed E-state index contributed by atoms with van der Waals surface area (Å²) in [6.45, 7) is 3.79. The molecule has 0 aromatic rings. The van der Waals surface area contributed by atoms with E-state index in [1.54, 1.807) is 18.7 Å². The lowest BCUT2D eigenvalue weighted by Crippen LogP contribution is -1.92. The second-order valence-corrected chi connectivity index (χ2v) is 6.30. The van der Waals surface area contributed by atoms with Crippen molar-refractivity contribution in [2.75, 3.05) is 11.5 Å². The molecule has 0 fully saturated rings. The molecule has 0 rings (SSSR count). The van der Waals surface area contributed by atoms with Gasteiger partial charge in [-0.3, -0.25) is 4.79 Å². The van der Waals surface area contributed by atoms with Gasteiger partial charge in [-0.05, 0) is 45.4 Å². The van der Waals surface area contributed by atoms with Crippen LogP contribution >= 0.6 is 11.8 Å². The van der Waals surface area contributed by atoms with Crippen LogP contribution in [0.3, 0.4) is 0 Å². The lowest BCUT2D eigenvalue weighted by atomic mass is 10.2. The number of allylic oxidation sites excluding steroid dienone is 9. The third-order valence-electron chi connectivity index (χ3n) is 2.90. The van der Waals surface area contributed by atoms with Gasteiger partial charge in [0.25, 0.3) is 0 Å². The Bertz CT molecular complexity index is 414. The molecule has 2 heteroatoms. The van der Waals surface area contributed by atoms with Gasteiger partial charge in [-0.25, -0.2) is 0 Å². The molecule has 0 amide bonds. The third-order valence-corrected chi connectivity index (χ3v) is 3.94. The van der Waals surface area contributed by atoms with Crippen LogP contribution in [0.1, 0.15) is 52.4 Å². The smallest absolute Gasteiger partial charge is 0.139 e. The first-order chi connectivity index (χ1) is 11.3. The van der Waals surface area contributed by atoms with Gasteiger partial charge in [0.05, 0.1) is 5.75 Å². The molecular weight excluding hydrogens is 300 g/mol. The number of carbonyl (C=O) groups excluding carboxylic acids is 1. The van der Waals surface area contributed by atoms with E-state index in [4.69, 9.17) is 0 Å². The van der Waals surface area contributed by atoms with Crippen LogP contribution in [-0.2, 0) is 4.79 Å². The molecule has 0 radical (unpaired) electrons. The fraction of sp³-hybridized carbons (Fsp3) is 0.476. The highest BCUT2D eigenvalue weighted by atomic mass is 32.2. The summed E-state index contributed by atoms with van der Waals surface area (Å²) in [6.07, 6.45) is 28.5. The Morgan fingerprint density at radius 1 is 0.739 bits per heavy atom. The Morgan fingerprint density at radius 3 is 1.74 bits per heavy atom. The van der Waals surface area contributed by atoms with Gasteiger partial charge in [0, 0.05) is 5.75 Å². The van der Waals surface area contributed by atoms with E-state index >= 15 is 0 Å². The zero-order chi connectivity index (χ0) is 17.0. The van der Waals surface area contributed by atoms with Gasteiger partial charge >= 0.3 is 0 Å². The van der Waals surface area contributed by atoms with Crippen LogP contribution in [0, 0.1) is 0 Å². The van der Waals surface area contributed by atoms with Crippen LogP contribution in [0.4, 0.5) is 0 Å². The van der Waals surface area contributed by atoms with Crippen LogP contribution in [0.2, 0.25) is 0 Å². The van der Waals surface area contributed by atoms with Gasteiger partial charge in [0.15, 0.2) is 0 Å². The van der Waals surface area contributed by atoms with Crippen molar-refractivity contribution in [2.45, 2.75) is 52.4 Å². The minimum absolute atomic E-state index is 0.253. The van der Waals surface area contributed by atoms with Crippen molar-refractivity contribution >= 4 is 17.5 Å². The molecule has 23 heavy (non-hydrogen) atoms. The molecule has 0 aliphatic rings. The summed E-state index contributed by atoms with van der Waals surface area (Å²) < 4.78 is 0. The minimum atomic E-state index is 0.253. The highest BCUT2D eigenvalue weighted by Crippen LogP contribution is 2.02. The Labute approximate surface area is 147 Å². The summed E-state index contributed by atoms with van der Waals surface area (Å²) in [5.41, 5.74) is 0. The molecule has 0 saturated heterocycles. The van der Waals surface area contributed by atoms with Crippen molar-refractivity contribution < 1.29 is 4.79 Å². The first-order valence-corrected chi connectivity index (χ1v) is 9.75. The van der Waals surface area contributed by atoms with Gasteiger partial charge < -0.3 is 0 Å². The molecule has 0 aliphatic heterocycles. The van der Waals surface area contributed by atoms with Crippen molar-refractivity contribution in [3.63, 3.8) is 0 Å². The molecule has 128 valence electrons. The number of hydrogen-bond acceptors (Lipinski definition) is 2. The Hall–Kier alpha value is -1.28. The molecule has 0 unspecified atom stereocenters. The molecule has 0 aromatic carbocycles. The number of hydrogen-bond donors (Lipinski definition) is 0. The average Bonchev–Trinajstić information content (AvgIpc) is 2.53. The maximum absolute atomic E-state index is 10.7. The summed E-state index contributed by atoms with van der Waals surface area (Å²) >= 11 is 1.68. The molecule has 0 aromatic heterocycles. The van der Waals surface area contributed by atoms with Crippen LogP contribution in [0.15, 0.2) is 60.8 Å². The van der Waals surface area contributed by atoms with E-state index in [2.05, 4.69) is 67.7 Å². The number of Topliss-reactive ketones (excluding diaryl/α,β-unsaturated/α-hetero) is 1. The summed E-state index contributed by atoms with van der Waals surface area (Å²) in [5, 5.41) is 0. The Kier molecular flexibility index (Phi) is 17.7. The molecule has 0 heterocycles. The zero-order valence-electron chi connectivity index (χ0n) is 14.7. The van der Waals surface area contributed by atoms with E-state index in [9.17, 15) is 4.79 Å². The average molecular weight is 333 g/mol. The molecule has 0 atom stereocenters. The van der Waals surface area contributed by atoms with E-state index in [0.29, 0.717) is 5.75 Å². The van der Waals surface area contributed by atoms with Gasteiger partial charge in [-0.2, -0.15) is 0 Å². The second-order valence-electron chi connectivity index (χ2n) is 5.27. The predicted molar refractivity (Wildman–Crippen MR) is 107 cm³/mol. The summed E-state index contributed by atoms with van der Waals surface area (Å²) in [5.74, 6) is 1.82. The lowest BCUT2D eigenvalue weighted by Gasteiger charge is -1.92. The van der Waals surface area contributed by atoms with Crippen LogP contribution in [0.5, 0.6) is 0 Å². The molecule has 0 saturated carbocycles. The number of rotatable bonds is 14. The molecule has 1 nitrogen and oxygen atoms in total. The van der Waals surface area contributed by atoms with E-state index in [1.807, 2.05) is 0 Å². The Morgan fingerprint density at radius 2 is 1.22 bits per heavy atom.